The molecule has 0 spiro atoms. The number of anilines is 1. The first-order valence-electron chi connectivity index (χ1n) is 5.87. The minimum Gasteiger partial charge on any atom is -0.392 e. The molecule has 19 heavy (non-hydrogen) atoms. The molecule has 0 aliphatic carbocycles. The highest BCUT2D eigenvalue weighted by Crippen LogP contribution is 2.14. The standard InChI is InChI=1S/C15H14FNO2/c1-10-8-12(16)4-7-14(10)15(19)17-13-5-2-11(9-18)3-6-13/h2-8,18H,9H2,1H3,(H,17,19). The molecule has 0 saturated heterocycles. The van der Waals surface area contributed by atoms with Gasteiger partial charge in [-0.1, -0.05) is 12.1 Å². The van der Waals surface area contributed by atoms with Gasteiger partial charge >= 0.3 is 0 Å². The van der Waals surface area contributed by atoms with E-state index in [4.69, 9.17) is 5.11 Å². The second kappa shape index (κ2) is 5.63. The lowest BCUT2D eigenvalue weighted by atomic mass is 10.1. The molecular formula is C15H14FNO2. The Hall–Kier alpha value is -2.20. The van der Waals surface area contributed by atoms with Crippen molar-refractivity contribution in [1.82, 2.24) is 0 Å². The molecule has 0 atom stereocenters. The third kappa shape index (κ3) is 3.17. The zero-order valence-corrected chi connectivity index (χ0v) is 10.5. The van der Waals surface area contributed by atoms with Crippen molar-refractivity contribution < 1.29 is 14.3 Å². The fourth-order valence-corrected chi connectivity index (χ4v) is 1.77. The molecule has 0 saturated carbocycles. The van der Waals surface area contributed by atoms with Crippen LogP contribution < -0.4 is 5.32 Å². The van der Waals surface area contributed by atoms with E-state index in [2.05, 4.69) is 5.32 Å². The first kappa shape index (κ1) is 13.2. The van der Waals surface area contributed by atoms with Crippen LogP contribution in [0.2, 0.25) is 0 Å². The van der Waals surface area contributed by atoms with Gasteiger partial charge in [0, 0.05) is 11.3 Å². The molecule has 0 heterocycles. The van der Waals surface area contributed by atoms with Crippen molar-refractivity contribution in [2.45, 2.75) is 13.5 Å². The number of benzene rings is 2. The number of hydrogen-bond acceptors (Lipinski definition) is 2. The highest BCUT2D eigenvalue weighted by atomic mass is 19.1. The Balaban J connectivity index is 2.15. The van der Waals surface area contributed by atoms with Crippen LogP contribution >= 0.6 is 0 Å². The molecule has 2 N–H and O–H groups in total. The Labute approximate surface area is 110 Å². The molecular weight excluding hydrogens is 245 g/mol. The molecule has 0 aliphatic rings. The monoisotopic (exact) mass is 259 g/mol. The quantitative estimate of drug-likeness (QED) is 0.890. The van der Waals surface area contributed by atoms with Crippen LogP contribution in [0.15, 0.2) is 42.5 Å². The van der Waals surface area contributed by atoms with Gasteiger partial charge in [0.15, 0.2) is 0 Å². The first-order chi connectivity index (χ1) is 9.10. The number of hydrogen-bond donors (Lipinski definition) is 2. The van der Waals surface area contributed by atoms with Crippen molar-refractivity contribution in [3.8, 4) is 0 Å². The molecule has 4 heteroatoms. The number of aliphatic hydroxyl groups is 1. The largest absolute Gasteiger partial charge is 0.392 e. The van der Waals surface area contributed by atoms with Crippen LogP contribution in [0.5, 0.6) is 0 Å². The van der Waals surface area contributed by atoms with E-state index in [1.54, 1.807) is 31.2 Å². The molecule has 0 radical (unpaired) electrons. The molecule has 1 amide bonds. The van der Waals surface area contributed by atoms with E-state index in [0.29, 0.717) is 16.8 Å². The number of aryl methyl sites for hydroxylation is 1. The van der Waals surface area contributed by atoms with Crippen LogP contribution in [0.1, 0.15) is 21.5 Å². The van der Waals surface area contributed by atoms with E-state index < -0.39 is 0 Å². The van der Waals surface area contributed by atoms with E-state index in [-0.39, 0.29) is 18.3 Å². The second-order valence-corrected chi connectivity index (χ2v) is 4.27. The molecule has 2 rings (SSSR count). The minimum absolute atomic E-state index is 0.0364. The lowest BCUT2D eigenvalue weighted by molar-refractivity contribution is 0.102. The first-order valence-corrected chi connectivity index (χ1v) is 5.87. The van der Waals surface area contributed by atoms with Crippen molar-refractivity contribution in [1.29, 1.82) is 0 Å². The summed E-state index contributed by atoms with van der Waals surface area (Å²) in [6.45, 7) is 1.65. The van der Waals surface area contributed by atoms with Crippen LogP contribution in [-0.4, -0.2) is 11.0 Å². The van der Waals surface area contributed by atoms with E-state index in [1.807, 2.05) is 0 Å². The molecule has 0 fully saturated rings. The van der Waals surface area contributed by atoms with E-state index in [0.717, 1.165) is 5.56 Å². The van der Waals surface area contributed by atoms with Gasteiger partial charge in [0.05, 0.1) is 6.61 Å². The van der Waals surface area contributed by atoms with Crippen molar-refractivity contribution in [3.05, 3.63) is 65.0 Å². The summed E-state index contributed by atoms with van der Waals surface area (Å²) >= 11 is 0. The van der Waals surface area contributed by atoms with Crippen molar-refractivity contribution >= 4 is 11.6 Å². The van der Waals surface area contributed by atoms with Crippen LogP contribution in [-0.2, 0) is 6.61 Å². The van der Waals surface area contributed by atoms with Gasteiger partial charge in [0.2, 0.25) is 0 Å². The Morgan fingerprint density at radius 1 is 1.21 bits per heavy atom. The van der Waals surface area contributed by atoms with Crippen molar-refractivity contribution in [2.75, 3.05) is 5.32 Å². The number of nitrogens with one attached hydrogen (secondary N) is 1. The number of rotatable bonds is 3. The van der Waals surface area contributed by atoms with Gasteiger partial charge < -0.3 is 10.4 Å². The molecule has 0 unspecified atom stereocenters. The number of carbonyl (C=O) groups excluding carboxylic acids is 1. The Morgan fingerprint density at radius 2 is 1.89 bits per heavy atom. The molecule has 98 valence electrons. The van der Waals surface area contributed by atoms with Gasteiger partial charge in [0.25, 0.3) is 5.91 Å². The second-order valence-electron chi connectivity index (χ2n) is 4.27. The van der Waals surface area contributed by atoms with Gasteiger partial charge in [-0.3, -0.25) is 4.79 Å². The summed E-state index contributed by atoms with van der Waals surface area (Å²) in [5.41, 5.74) is 2.43. The van der Waals surface area contributed by atoms with Gasteiger partial charge in [-0.05, 0) is 48.4 Å². The zero-order chi connectivity index (χ0) is 13.8. The zero-order valence-electron chi connectivity index (χ0n) is 10.5. The van der Waals surface area contributed by atoms with Crippen molar-refractivity contribution in [2.24, 2.45) is 0 Å². The van der Waals surface area contributed by atoms with Gasteiger partial charge in [-0.15, -0.1) is 0 Å². The average molecular weight is 259 g/mol. The summed E-state index contributed by atoms with van der Waals surface area (Å²) in [4.78, 5) is 12.0. The predicted octanol–water partition coefficient (Wildman–Crippen LogP) is 2.88. The maximum Gasteiger partial charge on any atom is 0.255 e. The summed E-state index contributed by atoms with van der Waals surface area (Å²) in [5, 5.41) is 11.7. The number of halogens is 1. The van der Waals surface area contributed by atoms with Crippen LogP contribution in [0.25, 0.3) is 0 Å². The Bertz CT molecular complexity index is 594. The minimum atomic E-state index is -0.360. The maximum absolute atomic E-state index is 13.0. The fourth-order valence-electron chi connectivity index (χ4n) is 1.77. The summed E-state index contributed by atoms with van der Waals surface area (Å²) in [7, 11) is 0. The lowest BCUT2D eigenvalue weighted by Crippen LogP contribution is -2.13. The molecule has 2 aromatic carbocycles. The predicted molar refractivity (Wildman–Crippen MR) is 71.5 cm³/mol. The summed E-state index contributed by atoms with van der Waals surface area (Å²) in [6, 6.07) is 10.9. The topological polar surface area (TPSA) is 49.3 Å². The lowest BCUT2D eigenvalue weighted by Gasteiger charge is -2.08. The number of amides is 1. The molecule has 0 aromatic heterocycles. The highest BCUT2D eigenvalue weighted by molar-refractivity contribution is 6.05. The van der Waals surface area contributed by atoms with E-state index >= 15 is 0 Å². The van der Waals surface area contributed by atoms with Gasteiger partial charge in [-0.2, -0.15) is 0 Å². The highest BCUT2D eigenvalue weighted by Gasteiger charge is 2.09. The van der Waals surface area contributed by atoms with Crippen molar-refractivity contribution in [3.63, 3.8) is 0 Å². The maximum atomic E-state index is 13.0. The fraction of sp³-hybridized carbons (Fsp3) is 0.133. The molecule has 3 nitrogen and oxygen atoms in total. The number of aliphatic hydroxyl groups excluding tert-OH is 1. The SMILES string of the molecule is Cc1cc(F)ccc1C(=O)Nc1ccc(CO)cc1. The van der Waals surface area contributed by atoms with Crippen LogP contribution in [0.3, 0.4) is 0 Å². The van der Waals surface area contributed by atoms with E-state index in [1.165, 1.54) is 18.2 Å². The van der Waals surface area contributed by atoms with E-state index in [9.17, 15) is 9.18 Å². The molecule has 0 bridgehead atoms. The summed E-state index contributed by atoms with van der Waals surface area (Å²) < 4.78 is 13.0. The molecule has 2 aromatic rings. The summed E-state index contributed by atoms with van der Waals surface area (Å²) in [5.74, 6) is -0.643. The van der Waals surface area contributed by atoms with Crippen LogP contribution in [0, 0.1) is 12.7 Å². The number of carbonyl (C=O) groups is 1. The Morgan fingerprint density at radius 3 is 2.47 bits per heavy atom. The van der Waals surface area contributed by atoms with Crippen LogP contribution in [0.4, 0.5) is 10.1 Å². The van der Waals surface area contributed by atoms with Gasteiger partial charge in [-0.25, -0.2) is 4.39 Å². The smallest absolute Gasteiger partial charge is 0.255 e. The average Bonchev–Trinajstić information content (AvgIpc) is 2.39. The normalized spacial score (nSPS) is 10.3. The summed E-state index contributed by atoms with van der Waals surface area (Å²) in [6.07, 6.45) is 0. The third-order valence-electron chi connectivity index (χ3n) is 2.83. The Kier molecular flexibility index (Phi) is 3.92. The molecule has 0 aliphatic heterocycles. The third-order valence-corrected chi connectivity index (χ3v) is 2.83. The van der Waals surface area contributed by atoms with Gasteiger partial charge in [0.1, 0.15) is 5.82 Å².